The second-order valence-corrected chi connectivity index (χ2v) is 9.30. The Bertz CT molecular complexity index is 1160. The van der Waals surface area contributed by atoms with Crippen LogP contribution < -0.4 is 10.3 Å². The van der Waals surface area contributed by atoms with Gasteiger partial charge in [-0.05, 0) is 62.4 Å². The van der Waals surface area contributed by atoms with Crippen molar-refractivity contribution in [3.8, 4) is 0 Å². The first-order chi connectivity index (χ1) is 15.3. The smallest absolute Gasteiger partial charge is 0.294 e. The monoisotopic (exact) mass is 429 g/mol. The van der Waals surface area contributed by atoms with Crippen molar-refractivity contribution in [1.29, 1.82) is 0 Å². The largest absolute Gasteiger partial charge is 0.455 e. The van der Waals surface area contributed by atoms with Crippen molar-refractivity contribution in [3.63, 3.8) is 0 Å². The van der Waals surface area contributed by atoms with E-state index in [0.717, 1.165) is 52.4 Å². The van der Waals surface area contributed by atoms with Crippen molar-refractivity contribution in [2.45, 2.75) is 47.5 Å². The van der Waals surface area contributed by atoms with Crippen LogP contribution in [-0.4, -0.2) is 18.2 Å². The number of benzene rings is 2. The number of hydrogen-bond acceptors (Lipinski definition) is 4. The van der Waals surface area contributed by atoms with Crippen LogP contribution in [0.15, 0.2) is 64.1 Å². The maximum atomic E-state index is 13.6. The van der Waals surface area contributed by atoms with Crippen LogP contribution in [0.4, 0.5) is 11.4 Å². The molecule has 1 amide bonds. The average molecular weight is 430 g/mol. The number of amides is 1. The molecule has 0 radical (unpaired) electrons. The predicted molar refractivity (Wildman–Crippen MR) is 131 cm³/mol. The molecule has 1 aliphatic carbocycles. The van der Waals surface area contributed by atoms with E-state index in [1.165, 1.54) is 0 Å². The number of carbonyl (C=O) groups excluding carboxylic acids is 1. The lowest BCUT2D eigenvalue weighted by molar-refractivity contribution is 0.0958. The maximum absolute atomic E-state index is 13.6. The quantitative estimate of drug-likeness (QED) is 0.481. The zero-order chi connectivity index (χ0) is 22.9. The van der Waals surface area contributed by atoms with Gasteiger partial charge in [-0.1, -0.05) is 44.2 Å². The van der Waals surface area contributed by atoms with Gasteiger partial charge in [0.05, 0.1) is 11.4 Å². The molecule has 0 aliphatic heterocycles. The van der Waals surface area contributed by atoms with Crippen molar-refractivity contribution in [3.05, 3.63) is 82.8 Å². The van der Waals surface area contributed by atoms with E-state index in [-0.39, 0.29) is 11.3 Å². The summed E-state index contributed by atoms with van der Waals surface area (Å²) in [5.74, 6) is 1.14. The number of nitrogens with zero attached hydrogens (tertiary/aromatic N) is 2. The van der Waals surface area contributed by atoms with Crippen molar-refractivity contribution >= 4 is 23.0 Å². The molecule has 32 heavy (non-hydrogen) atoms. The highest BCUT2D eigenvalue weighted by Gasteiger charge is 2.37. The van der Waals surface area contributed by atoms with E-state index >= 15 is 0 Å². The highest BCUT2D eigenvalue weighted by Crippen LogP contribution is 2.39. The van der Waals surface area contributed by atoms with E-state index in [1.54, 1.807) is 4.90 Å². The lowest BCUT2D eigenvalue weighted by atomic mass is 9.75. The zero-order valence-electron chi connectivity index (χ0n) is 19.5. The second kappa shape index (κ2) is 8.65. The van der Waals surface area contributed by atoms with Crippen LogP contribution in [0.5, 0.6) is 0 Å². The van der Waals surface area contributed by atoms with Gasteiger partial charge in [-0.3, -0.25) is 10.2 Å². The van der Waals surface area contributed by atoms with Gasteiger partial charge >= 0.3 is 0 Å². The van der Waals surface area contributed by atoms with Gasteiger partial charge < -0.3 is 9.32 Å². The molecule has 1 aliphatic rings. The minimum absolute atomic E-state index is 0.00417. The average Bonchev–Trinajstić information content (AvgIpc) is 3.08. The first kappa shape index (κ1) is 21.9. The molecule has 4 rings (SSSR count). The zero-order valence-corrected chi connectivity index (χ0v) is 19.5. The molecule has 5 heteroatoms. The molecule has 1 aromatic heterocycles. The standard InChI is InChI=1S/C27H31N3O2/c1-6-30(21-14-10-11-18(2)15-21)26(31)25-19(3)24-22(16-27(4,5)17-23(24)32-25)29-28-20-12-8-7-9-13-20/h7-15,28H,6,16-17H2,1-5H3/b29-22-. The number of furan rings is 1. The Kier molecular flexibility index (Phi) is 5.92. The Hall–Kier alpha value is -3.34. The van der Waals surface area contributed by atoms with Gasteiger partial charge in [-0.25, -0.2) is 0 Å². The third kappa shape index (κ3) is 4.33. The SMILES string of the molecule is CCN(C(=O)c1oc2c(c1C)/C(=N\Nc1ccccc1)CC(C)(C)C2)c1cccc(C)c1. The molecule has 0 saturated carbocycles. The van der Waals surface area contributed by atoms with Crippen molar-refractivity contribution in [2.24, 2.45) is 10.5 Å². The molecule has 3 aromatic rings. The van der Waals surface area contributed by atoms with Gasteiger partial charge in [-0.15, -0.1) is 0 Å². The van der Waals surface area contributed by atoms with Crippen LogP contribution in [0, 0.1) is 19.3 Å². The first-order valence-corrected chi connectivity index (χ1v) is 11.2. The first-order valence-electron chi connectivity index (χ1n) is 11.2. The maximum Gasteiger partial charge on any atom is 0.294 e. The predicted octanol–water partition coefficient (Wildman–Crippen LogP) is 6.35. The molecule has 1 heterocycles. The van der Waals surface area contributed by atoms with Crippen LogP contribution in [0.25, 0.3) is 0 Å². The molecule has 5 nitrogen and oxygen atoms in total. The highest BCUT2D eigenvalue weighted by molar-refractivity contribution is 6.10. The summed E-state index contributed by atoms with van der Waals surface area (Å²) in [5, 5.41) is 4.74. The summed E-state index contributed by atoms with van der Waals surface area (Å²) in [6.07, 6.45) is 1.58. The van der Waals surface area contributed by atoms with E-state index < -0.39 is 0 Å². The lowest BCUT2D eigenvalue weighted by Crippen LogP contribution is -2.31. The summed E-state index contributed by atoms with van der Waals surface area (Å²) in [6.45, 7) is 11.0. The van der Waals surface area contributed by atoms with Gasteiger partial charge in [-0.2, -0.15) is 5.10 Å². The van der Waals surface area contributed by atoms with Gasteiger partial charge in [0.25, 0.3) is 5.91 Å². The van der Waals surface area contributed by atoms with E-state index in [4.69, 9.17) is 9.52 Å². The molecule has 166 valence electrons. The third-order valence-corrected chi connectivity index (χ3v) is 5.96. The molecule has 1 N–H and O–H groups in total. The van der Waals surface area contributed by atoms with Gasteiger partial charge in [0.15, 0.2) is 5.76 Å². The Morgan fingerprint density at radius 2 is 1.84 bits per heavy atom. The van der Waals surface area contributed by atoms with Gasteiger partial charge in [0.2, 0.25) is 0 Å². The number of aryl methyl sites for hydroxylation is 1. The van der Waals surface area contributed by atoms with E-state index in [9.17, 15) is 4.79 Å². The molecular weight excluding hydrogens is 398 g/mol. The summed E-state index contributed by atoms with van der Waals surface area (Å²) in [5.41, 5.74) is 8.86. The van der Waals surface area contributed by atoms with Gasteiger partial charge in [0.1, 0.15) is 5.76 Å². The van der Waals surface area contributed by atoms with E-state index in [1.807, 2.05) is 75.4 Å². The Morgan fingerprint density at radius 1 is 1.09 bits per heavy atom. The molecule has 2 aromatic carbocycles. The molecule has 0 saturated heterocycles. The molecule has 0 fully saturated rings. The van der Waals surface area contributed by atoms with Crippen LogP contribution in [0.1, 0.15) is 60.2 Å². The molecule has 0 unspecified atom stereocenters. The number of rotatable bonds is 5. The third-order valence-electron chi connectivity index (χ3n) is 5.96. The summed E-state index contributed by atoms with van der Waals surface area (Å²) in [6, 6.07) is 17.9. The summed E-state index contributed by atoms with van der Waals surface area (Å²) in [4.78, 5) is 15.3. The Morgan fingerprint density at radius 3 is 2.53 bits per heavy atom. The Labute approximate surface area is 190 Å². The molecule has 0 atom stereocenters. The van der Waals surface area contributed by atoms with E-state index in [0.29, 0.717) is 12.3 Å². The number of fused-ring (bicyclic) bond motifs is 1. The lowest BCUT2D eigenvalue weighted by Gasteiger charge is -2.29. The highest BCUT2D eigenvalue weighted by atomic mass is 16.4. The summed E-state index contributed by atoms with van der Waals surface area (Å²) in [7, 11) is 0. The number of para-hydroxylation sites is 1. The fourth-order valence-electron chi connectivity index (χ4n) is 4.42. The van der Waals surface area contributed by atoms with Crippen LogP contribution >= 0.6 is 0 Å². The summed E-state index contributed by atoms with van der Waals surface area (Å²) >= 11 is 0. The number of carbonyl (C=O) groups is 1. The fourth-order valence-corrected chi connectivity index (χ4v) is 4.42. The second-order valence-electron chi connectivity index (χ2n) is 9.30. The van der Waals surface area contributed by atoms with Crippen molar-refractivity contribution < 1.29 is 9.21 Å². The normalized spacial score (nSPS) is 16.0. The molecule has 0 spiro atoms. The van der Waals surface area contributed by atoms with Crippen LogP contribution in [0.3, 0.4) is 0 Å². The van der Waals surface area contributed by atoms with Crippen LogP contribution in [0.2, 0.25) is 0 Å². The Balaban J connectivity index is 1.72. The number of hydrogen-bond donors (Lipinski definition) is 1. The van der Waals surface area contributed by atoms with Crippen LogP contribution in [-0.2, 0) is 6.42 Å². The number of anilines is 2. The molecule has 0 bridgehead atoms. The minimum Gasteiger partial charge on any atom is -0.455 e. The van der Waals surface area contributed by atoms with Crippen molar-refractivity contribution in [2.75, 3.05) is 16.9 Å². The minimum atomic E-state index is -0.113. The number of hydrazone groups is 1. The fraction of sp³-hybridized carbons (Fsp3) is 0.333. The van der Waals surface area contributed by atoms with Gasteiger partial charge in [0, 0.05) is 29.8 Å². The topological polar surface area (TPSA) is 57.8 Å². The van der Waals surface area contributed by atoms with E-state index in [2.05, 4.69) is 19.3 Å². The summed E-state index contributed by atoms with van der Waals surface area (Å²) < 4.78 is 6.25. The number of nitrogens with one attached hydrogen (secondary N) is 1. The van der Waals surface area contributed by atoms with Crippen molar-refractivity contribution in [1.82, 2.24) is 0 Å². The molecular formula is C27H31N3O2.